The molecule has 0 aromatic heterocycles. The Balaban J connectivity index is 3.50. The highest BCUT2D eigenvalue weighted by molar-refractivity contribution is 7.60. The van der Waals surface area contributed by atoms with Crippen LogP contribution < -0.4 is 11.0 Å². The molecule has 15 heavy (non-hydrogen) atoms. The second-order valence-corrected chi connectivity index (χ2v) is 4.38. The van der Waals surface area contributed by atoms with Crippen molar-refractivity contribution in [2.45, 2.75) is 0 Å². The number of carbonyl (C=O) groups is 1. The molecule has 0 spiro atoms. The van der Waals surface area contributed by atoms with Gasteiger partial charge < -0.3 is 25.7 Å². The number of phenols is 1. The number of hydrogen-bond acceptors (Lipinski definition) is 4. The molecule has 82 valence electrons. The third-order valence-corrected chi connectivity index (χ3v) is 2.64. The Morgan fingerprint density at radius 1 is 1.33 bits per heavy atom. The first-order valence-electron chi connectivity index (χ1n) is 3.65. The third kappa shape index (κ3) is 2.27. The smallest absolute Gasteiger partial charge is 0.356 e. The fourth-order valence-electron chi connectivity index (χ4n) is 0.968. The number of hydrogen-bond donors (Lipinski definition) is 5. The van der Waals surface area contributed by atoms with Crippen molar-refractivity contribution in [3.05, 3.63) is 17.7 Å². The fourth-order valence-corrected chi connectivity index (χ4v) is 1.56. The molecule has 7 nitrogen and oxygen atoms in total. The van der Waals surface area contributed by atoms with Gasteiger partial charge in [0.15, 0.2) is 0 Å². The highest BCUT2D eigenvalue weighted by Crippen LogP contribution is 2.36. The van der Waals surface area contributed by atoms with Gasteiger partial charge in [-0.2, -0.15) is 0 Å². The second-order valence-electron chi connectivity index (χ2n) is 2.78. The van der Waals surface area contributed by atoms with Gasteiger partial charge in [-0.3, -0.25) is 4.57 Å². The van der Waals surface area contributed by atoms with Crippen LogP contribution >= 0.6 is 7.60 Å². The van der Waals surface area contributed by atoms with Gasteiger partial charge in [-0.25, -0.2) is 4.79 Å². The van der Waals surface area contributed by atoms with Gasteiger partial charge in [0.05, 0.1) is 16.6 Å². The number of phenolic OH excluding ortho intramolecular Hbond substituents is 1. The summed E-state index contributed by atoms with van der Waals surface area (Å²) < 4.78 is 10.8. The standard InChI is InChI=1S/C7H8NO6P/c8-6-4(7(10)11)1-3(2-5(6)9)15(12,13)14/h1-2,9H,8H2,(H,10,11)(H2,12,13,14). The van der Waals surface area contributed by atoms with E-state index >= 15 is 0 Å². The van der Waals surface area contributed by atoms with Crippen LogP contribution in [-0.2, 0) is 4.57 Å². The Hall–Kier alpha value is -1.56. The Kier molecular flexibility index (Phi) is 2.72. The van der Waals surface area contributed by atoms with Crippen LogP contribution in [0.2, 0.25) is 0 Å². The topological polar surface area (TPSA) is 141 Å². The molecule has 6 N–H and O–H groups in total. The minimum absolute atomic E-state index is 0.431. The zero-order chi connectivity index (χ0) is 11.8. The highest BCUT2D eigenvalue weighted by Gasteiger charge is 2.22. The zero-order valence-corrected chi connectivity index (χ0v) is 8.18. The average molecular weight is 233 g/mol. The van der Waals surface area contributed by atoms with E-state index in [9.17, 15) is 9.36 Å². The lowest BCUT2D eigenvalue weighted by molar-refractivity contribution is 0.0698. The number of aromatic hydroxyl groups is 1. The number of aromatic carboxylic acids is 1. The van der Waals surface area contributed by atoms with Gasteiger partial charge in [-0.05, 0) is 12.1 Å². The van der Waals surface area contributed by atoms with Crippen LogP contribution in [0.3, 0.4) is 0 Å². The predicted molar refractivity (Wildman–Crippen MR) is 51.2 cm³/mol. The molecule has 0 bridgehead atoms. The van der Waals surface area contributed by atoms with Crippen molar-refractivity contribution < 1.29 is 29.4 Å². The van der Waals surface area contributed by atoms with E-state index in [0.29, 0.717) is 0 Å². The molecule has 0 unspecified atom stereocenters. The lowest BCUT2D eigenvalue weighted by Gasteiger charge is -2.08. The van der Waals surface area contributed by atoms with Gasteiger partial charge in [0.2, 0.25) is 0 Å². The first-order valence-corrected chi connectivity index (χ1v) is 5.26. The maximum atomic E-state index is 10.8. The fraction of sp³-hybridized carbons (Fsp3) is 0. The Morgan fingerprint density at radius 2 is 1.87 bits per heavy atom. The Bertz CT molecular complexity index is 465. The van der Waals surface area contributed by atoms with Gasteiger partial charge in [0, 0.05) is 0 Å². The van der Waals surface area contributed by atoms with Crippen molar-refractivity contribution in [1.82, 2.24) is 0 Å². The molecular weight excluding hydrogens is 225 g/mol. The van der Waals surface area contributed by atoms with E-state index < -0.39 is 35.9 Å². The van der Waals surface area contributed by atoms with E-state index in [2.05, 4.69) is 0 Å². The predicted octanol–water partition coefficient (Wildman–Crippen LogP) is -0.524. The number of carboxylic acids is 1. The number of rotatable bonds is 2. The first-order chi connectivity index (χ1) is 6.73. The number of anilines is 1. The van der Waals surface area contributed by atoms with Crippen LogP contribution in [0.25, 0.3) is 0 Å². The largest absolute Gasteiger partial charge is 0.506 e. The summed E-state index contributed by atoms with van der Waals surface area (Å²) in [4.78, 5) is 28.2. The van der Waals surface area contributed by atoms with Crippen LogP contribution in [-0.4, -0.2) is 26.0 Å². The summed E-state index contributed by atoms with van der Waals surface area (Å²) in [6.45, 7) is 0. The lowest BCUT2D eigenvalue weighted by Crippen LogP contribution is -2.11. The molecule has 8 heteroatoms. The third-order valence-electron chi connectivity index (χ3n) is 1.71. The summed E-state index contributed by atoms with van der Waals surface area (Å²) in [6, 6.07) is 1.47. The number of carboxylic acid groups (broad SMARTS) is 1. The molecule has 0 aliphatic carbocycles. The first kappa shape index (κ1) is 11.5. The van der Waals surface area contributed by atoms with Crippen LogP contribution in [0, 0.1) is 0 Å². The van der Waals surface area contributed by atoms with Crippen molar-refractivity contribution in [2.24, 2.45) is 0 Å². The molecule has 0 amide bonds. The molecule has 0 radical (unpaired) electrons. The number of nitrogens with two attached hydrogens (primary N) is 1. The molecule has 0 aliphatic heterocycles. The van der Waals surface area contributed by atoms with Crippen molar-refractivity contribution >= 4 is 24.6 Å². The van der Waals surface area contributed by atoms with Gasteiger partial charge in [0.1, 0.15) is 5.75 Å². The summed E-state index contributed by atoms with van der Waals surface area (Å²) >= 11 is 0. The summed E-state index contributed by atoms with van der Waals surface area (Å²) in [5.74, 6) is -2.15. The van der Waals surface area contributed by atoms with Crippen molar-refractivity contribution in [3.63, 3.8) is 0 Å². The van der Waals surface area contributed by atoms with Gasteiger partial charge in [-0.15, -0.1) is 0 Å². The van der Waals surface area contributed by atoms with E-state index in [-0.39, 0.29) is 0 Å². The lowest BCUT2D eigenvalue weighted by atomic mass is 10.1. The van der Waals surface area contributed by atoms with Crippen LogP contribution in [0.15, 0.2) is 12.1 Å². The van der Waals surface area contributed by atoms with Gasteiger partial charge in [-0.1, -0.05) is 0 Å². The molecule has 0 aliphatic rings. The number of nitrogen functional groups attached to an aromatic ring is 1. The zero-order valence-electron chi connectivity index (χ0n) is 7.28. The van der Waals surface area contributed by atoms with Crippen molar-refractivity contribution in [2.75, 3.05) is 5.73 Å². The van der Waals surface area contributed by atoms with E-state index in [0.717, 1.165) is 12.1 Å². The van der Waals surface area contributed by atoms with Crippen molar-refractivity contribution in [1.29, 1.82) is 0 Å². The normalized spacial score (nSPS) is 11.3. The Labute approximate surface area is 83.9 Å². The Morgan fingerprint density at radius 3 is 2.27 bits per heavy atom. The quantitative estimate of drug-likeness (QED) is 0.262. The average Bonchev–Trinajstić information content (AvgIpc) is 2.06. The minimum Gasteiger partial charge on any atom is -0.506 e. The SMILES string of the molecule is Nc1c(O)cc(P(=O)(O)O)cc1C(=O)O. The molecule has 1 aromatic rings. The van der Waals surface area contributed by atoms with Crippen LogP contribution in [0.5, 0.6) is 5.75 Å². The molecule has 0 saturated carbocycles. The summed E-state index contributed by atoms with van der Waals surface area (Å²) in [7, 11) is -4.61. The van der Waals surface area contributed by atoms with E-state index in [1.165, 1.54) is 0 Å². The molecule has 0 heterocycles. The minimum atomic E-state index is -4.61. The molecule has 0 fully saturated rings. The van der Waals surface area contributed by atoms with Crippen LogP contribution in [0.4, 0.5) is 5.69 Å². The summed E-state index contributed by atoms with van der Waals surface area (Å²) in [6.07, 6.45) is 0. The van der Waals surface area contributed by atoms with Crippen molar-refractivity contribution in [3.8, 4) is 5.75 Å². The molecule has 0 saturated heterocycles. The second kappa shape index (κ2) is 3.54. The molecular formula is C7H8NO6P. The maximum Gasteiger partial charge on any atom is 0.356 e. The van der Waals surface area contributed by atoms with Gasteiger partial charge >= 0.3 is 13.6 Å². The van der Waals surface area contributed by atoms with Crippen LogP contribution in [0.1, 0.15) is 10.4 Å². The highest BCUT2D eigenvalue weighted by atomic mass is 31.2. The van der Waals surface area contributed by atoms with E-state index in [1.54, 1.807) is 0 Å². The summed E-state index contributed by atoms with van der Waals surface area (Å²) in [5.41, 5.74) is 4.23. The molecule has 1 aromatic carbocycles. The van der Waals surface area contributed by atoms with E-state index in [4.69, 9.17) is 25.7 Å². The summed E-state index contributed by atoms with van der Waals surface area (Å²) in [5, 5.41) is 17.2. The number of benzene rings is 1. The van der Waals surface area contributed by atoms with E-state index in [1.807, 2.05) is 0 Å². The molecule has 0 atom stereocenters. The maximum absolute atomic E-state index is 10.8. The molecule has 1 rings (SSSR count). The van der Waals surface area contributed by atoms with Gasteiger partial charge in [0.25, 0.3) is 0 Å². The monoisotopic (exact) mass is 233 g/mol.